The van der Waals surface area contributed by atoms with E-state index in [1.807, 2.05) is 6.20 Å². The van der Waals surface area contributed by atoms with Crippen molar-refractivity contribution in [2.45, 2.75) is 6.42 Å². The Labute approximate surface area is 98.2 Å². The number of hydrogen-bond acceptors (Lipinski definition) is 5. The van der Waals surface area contributed by atoms with Gasteiger partial charge in [-0.25, -0.2) is 4.79 Å². The normalized spacial score (nSPS) is 10.7. The van der Waals surface area contributed by atoms with Crippen molar-refractivity contribution in [3.05, 3.63) is 29.7 Å². The first-order valence-electron chi connectivity index (χ1n) is 5.17. The van der Waals surface area contributed by atoms with Crippen LogP contribution < -0.4 is 0 Å². The van der Waals surface area contributed by atoms with Gasteiger partial charge < -0.3 is 9.47 Å². The average Bonchev–Trinajstić information content (AvgIpc) is 2.78. The van der Waals surface area contributed by atoms with Crippen LogP contribution in [0.3, 0.4) is 0 Å². The van der Waals surface area contributed by atoms with E-state index in [9.17, 15) is 4.79 Å². The summed E-state index contributed by atoms with van der Waals surface area (Å²) in [7, 11) is 2.97. The molecule has 2 aromatic rings. The van der Waals surface area contributed by atoms with Crippen LogP contribution in [0.15, 0.2) is 18.3 Å². The molecule has 0 saturated carbocycles. The van der Waals surface area contributed by atoms with Gasteiger partial charge in [0.15, 0.2) is 5.65 Å². The molecule has 90 valence electrons. The zero-order valence-corrected chi connectivity index (χ0v) is 9.71. The number of pyridine rings is 1. The van der Waals surface area contributed by atoms with E-state index in [1.165, 1.54) is 7.11 Å². The largest absolute Gasteiger partial charge is 0.465 e. The van der Waals surface area contributed by atoms with Gasteiger partial charge in [-0.15, -0.1) is 10.2 Å². The molecule has 0 bridgehead atoms. The Morgan fingerprint density at radius 3 is 2.94 bits per heavy atom. The van der Waals surface area contributed by atoms with Gasteiger partial charge in [-0.3, -0.25) is 4.40 Å². The van der Waals surface area contributed by atoms with E-state index in [0.29, 0.717) is 24.2 Å². The Balaban J connectivity index is 2.45. The van der Waals surface area contributed by atoms with Crippen molar-refractivity contribution in [3.8, 4) is 0 Å². The lowest BCUT2D eigenvalue weighted by Crippen LogP contribution is -2.05. The van der Waals surface area contributed by atoms with E-state index in [1.54, 1.807) is 23.6 Å². The third-order valence-corrected chi connectivity index (χ3v) is 2.44. The Kier molecular flexibility index (Phi) is 3.34. The quantitative estimate of drug-likeness (QED) is 0.730. The van der Waals surface area contributed by atoms with Gasteiger partial charge in [-0.2, -0.15) is 0 Å². The van der Waals surface area contributed by atoms with Gasteiger partial charge in [0.05, 0.1) is 13.7 Å². The molecule has 0 atom stereocenters. The van der Waals surface area contributed by atoms with Crippen molar-refractivity contribution in [2.75, 3.05) is 20.8 Å². The summed E-state index contributed by atoms with van der Waals surface area (Å²) in [5.41, 5.74) is 0.914. The van der Waals surface area contributed by atoms with E-state index >= 15 is 0 Å². The van der Waals surface area contributed by atoms with Gasteiger partial charge >= 0.3 is 5.97 Å². The van der Waals surface area contributed by atoms with Crippen LogP contribution in [0.1, 0.15) is 16.2 Å². The molecule has 6 heteroatoms. The molecule has 0 N–H and O–H groups in total. The first-order chi connectivity index (χ1) is 8.27. The van der Waals surface area contributed by atoms with Crippen LogP contribution in [0, 0.1) is 0 Å². The van der Waals surface area contributed by atoms with Crippen LogP contribution in [0.2, 0.25) is 0 Å². The lowest BCUT2D eigenvalue weighted by molar-refractivity contribution is 0.0602. The number of carbonyl (C=O) groups is 1. The van der Waals surface area contributed by atoms with Gasteiger partial charge in [0.1, 0.15) is 11.4 Å². The Hall–Kier alpha value is -1.95. The Morgan fingerprint density at radius 2 is 2.24 bits per heavy atom. The van der Waals surface area contributed by atoms with Crippen LogP contribution in [-0.2, 0) is 15.9 Å². The highest BCUT2D eigenvalue weighted by molar-refractivity contribution is 5.95. The number of aromatic nitrogens is 3. The number of hydrogen-bond donors (Lipinski definition) is 0. The molecule has 0 fully saturated rings. The highest BCUT2D eigenvalue weighted by atomic mass is 16.5. The SMILES string of the molecule is COCCc1nnc2c(C(=O)OC)cccn12. The fourth-order valence-corrected chi connectivity index (χ4v) is 1.60. The summed E-state index contributed by atoms with van der Waals surface area (Å²) in [5, 5.41) is 8.03. The molecule has 2 aromatic heterocycles. The predicted molar refractivity (Wildman–Crippen MR) is 59.9 cm³/mol. The lowest BCUT2D eigenvalue weighted by Gasteiger charge is -2.02. The summed E-state index contributed by atoms with van der Waals surface area (Å²) in [6, 6.07) is 3.43. The van der Waals surface area contributed by atoms with Crippen LogP contribution in [0.25, 0.3) is 5.65 Å². The Morgan fingerprint density at radius 1 is 1.41 bits per heavy atom. The minimum absolute atomic E-state index is 0.408. The first kappa shape index (κ1) is 11.5. The summed E-state index contributed by atoms with van der Waals surface area (Å²) in [6.45, 7) is 0.559. The van der Waals surface area contributed by atoms with Crippen molar-refractivity contribution in [2.24, 2.45) is 0 Å². The summed E-state index contributed by atoms with van der Waals surface area (Å²) in [6.07, 6.45) is 2.45. The van der Waals surface area contributed by atoms with Crippen molar-refractivity contribution in [3.63, 3.8) is 0 Å². The van der Waals surface area contributed by atoms with E-state index in [4.69, 9.17) is 9.47 Å². The molecular weight excluding hydrogens is 222 g/mol. The number of ether oxygens (including phenoxy) is 2. The molecule has 17 heavy (non-hydrogen) atoms. The number of nitrogens with zero attached hydrogens (tertiary/aromatic N) is 3. The summed E-state index contributed by atoms with van der Waals surface area (Å²) in [5.74, 6) is 0.342. The van der Waals surface area contributed by atoms with Crippen molar-refractivity contribution in [1.82, 2.24) is 14.6 Å². The molecule has 0 aliphatic carbocycles. The van der Waals surface area contributed by atoms with Crippen molar-refractivity contribution < 1.29 is 14.3 Å². The third kappa shape index (κ3) is 2.12. The zero-order valence-electron chi connectivity index (χ0n) is 9.71. The third-order valence-electron chi connectivity index (χ3n) is 2.44. The summed E-state index contributed by atoms with van der Waals surface area (Å²) < 4.78 is 11.4. The second-order valence-electron chi connectivity index (χ2n) is 3.47. The molecule has 0 aliphatic rings. The van der Waals surface area contributed by atoms with Crippen LogP contribution >= 0.6 is 0 Å². The molecule has 0 amide bonds. The second kappa shape index (κ2) is 4.92. The topological polar surface area (TPSA) is 65.7 Å². The van der Waals surface area contributed by atoms with E-state index in [0.717, 1.165) is 5.82 Å². The van der Waals surface area contributed by atoms with E-state index in [2.05, 4.69) is 10.2 Å². The zero-order chi connectivity index (χ0) is 12.3. The van der Waals surface area contributed by atoms with Crippen molar-refractivity contribution in [1.29, 1.82) is 0 Å². The van der Waals surface area contributed by atoms with Crippen LogP contribution in [0.5, 0.6) is 0 Å². The number of esters is 1. The van der Waals surface area contributed by atoms with Gasteiger partial charge in [-0.05, 0) is 12.1 Å². The molecule has 0 saturated heterocycles. The fourth-order valence-electron chi connectivity index (χ4n) is 1.60. The van der Waals surface area contributed by atoms with Gasteiger partial charge in [0, 0.05) is 19.7 Å². The summed E-state index contributed by atoms with van der Waals surface area (Å²) in [4.78, 5) is 11.5. The molecule has 0 unspecified atom stereocenters. The number of methoxy groups -OCH3 is 2. The Bertz CT molecular complexity index is 536. The van der Waals surface area contributed by atoms with E-state index < -0.39 is 5.97 Å². The van der Waals surface area contributed by atoms with Crippen LogP contribution in [-0.4, -0.2) is 41.4 Å². The molecule has 0 spiro atoms. The molecule has 6 nitrogen and oxygen atoms in total. The van der Waals surface area contributed by atoms with Crippen LogP contribution in [0.4, 0.5) is 0 Å². The highest BCUT2D eigenvalue weighted by Gasteiger charge is 2.14. The maximum absolute atomic E-state index is 11.5. The number of carbonyl (C=O) groups excluding carboxylic acids is 1. The monoisotopic (exact) mass is 235 g/mol. The first-order valence-corrected chi connectivity index (χ1v) is 5.17. The standard InChI is InChI=1S/C11H13N3O3/c1-16-7-5-9-12-13-10-8(11(15)17-2)4-3-6-14(9)10/h3-4,6H,5,7H2,1-2H3. The maximum Gasteiger partial charge on any atom is 0.341 e. The van der Waals surface area contributed by atoms with Gasteiger partial charge in [0.2, 0.25) is 0 Å². The molecule has 0 aromatic carbocycles. The highest BCUT2D eigenvalue weighted by Crippen LogP contribution is 2.11. The van der Waals surface area contributed by atoms with E-state index in [-0.39, 0.29) is 0 Å². The smallest absolute Gasteiger partial charge is 0.341 e. The van der Waals surface area contributed by atoms with Crippen molar-refractivity contribution >= 4 is 11.6 Å². The summed E-state index contributed by atoms with van der Waals surface area (Å²) >= 11 is 0. The number of rotatable bonds is 4. The minimum atomic E-state index is -0.415. The minimum Gasteiger partial charge on any atom is -0.465 e. The predicted octanol–water partition coefficient (Wildman–Crippen LogP) is 0.705. The molecule has 0 radical (unpaired) electrons. The van der Waals surface area contributed by atoms with Gasteiger partial charge in [-0.1, -0.05) is 0 Å². The molecule has 0 aliphatic heterocycles. The molecular formula is C11H13N3O3. The number of fused-ring (bicyclic) bond motifs is 1. The lowest BCUT2D eigenvalue weighted by atomic mass is 10.2. The molecule has 2 rings (SSSR count). The van der Waals surface area contributed by atoms with Gasteiger partial charge in [0.25, 0.3) is 0 Å². The average molecular weight is 235 g/mol. The maximum atomic E-state index is 11.5. The molecule has 2 heterocycles. The second-order valence-corrected chi connectivity index (χ2v) is 3.47. The fraction of sp³-hybridized carbons (Fsp3) is 0.364.